The summed E-state index contributed by atoms with van der Waals surface area (Å²) in [6, 6.07) is 4.98. The lowest BCUT2D eigenvalue weighted by Crippen LogP contribution is -2.66. The fourth-order valence-corrected chi connectivity index (χ4v) is 6.68. The SMILES string of the molecule is CN1CCC23C(=O)CC4C(=CCOC5CC(=O)N(c6cc(O)ccc62)C3C54)C1. The van der Waals surface area contributed by atoms with Crippen molar-refractivity contribution >= 4 is 17.4 Å². The van der Waals surface area contributed by atoms with Crippen LogP contribution in [0.15, 0.2) is 29.8 Å². The van der Waals surface area contributed by atoms with Crippen molar-refractivity contribution in [3.8, 4) is 5.75 Å². The molecule has 1 aromatic rings. The number of ketones is 1. The number of aromatic hydroxyl groups is 1. The summed E-state index contributed by atoms with van der Waals surface area (Å²) in [5, 5.41) is 10.1. The Bertz CT molecular complexity index is 940. The van der Waals surface area contributed by atoms with Crippen molar-refractivity contribution < 1.29 is 19.4 Å². The van der Waals surface area contributed by atoms with Gasteiger partial charge < -0.3 is 19.6 Å². The lowest BCUT2D eigenvalue weighted by atomic mass is 9.55. The summed E-state index contributed by atoms with van der Waals surface area (Å²) in [7, 11) is 2.11. The standard InChI is InChI=1S/C22H24N2O4/c1-23-6-5-22-15-3-2-13(25)8-16(15)24-19(27)10-17-20(21(22)24)14(9-18(22)26)12(11-23)4-7-28-17/h2-4,8,14,17,20-21,25H,5-7,9-11H2,1H3. The van der Waals surface area contributed by atoms with E-state index in [-0.39, 0.29) is 41.4 Å². The number of carbonyl (C=O) groups excluding carboxylic acids is 2. The molecule has 4 fully saturated rings. The number of nitrogens with zero attached hydrogens (tertiary/aromatic N) is 2. The molecule has 1 N–H and O–H groups in total. The molecule has 28 heavy (non-hydrogen) atoms. The van der Waals surface area contributed by atoms with Gasteiger partial charge in [-0.2, -0.15) is 0 Å². The Morgan fingerprint density at radius 3 is 2.96 bits per heavy atom. The number of hydrogen-bond donors (Lipinski definition) is 1. The molecule has 0 aromatic heterocycles. The van der Waals surface area contributed by atoms with Gasteiger partial charge in [-0.05, 0) is 37.6 Å². The van der Waals surface area contributed by atoms with E-state index in [1.54, 1.807) is 12.1 Å². The van der Waals surface area contributed by atoms with Gasteiger partial charge in [0.15, 0.2) is 0 Å². The maximum atomic E-state index is 13.8. The lowest BCUT2D eigenvalue weighted by Gasteiger charge is -2.53. The Labute approximate surface area is 163 Å². The highest BCUT2D eigenvalue weighted by atomic mass is 16.5. The minimum absolute atomic E-state index is 0.00414. The fourth-order valence-electron chi connectivity index (χ4n) is 6.68. The maximum Gasteiger partial charge on any atom is 0.229 e. The maximum absolute atomic E-state index is 13.8. The highest BCUT2D eigenvalue weighted by Gasteiger charge is 2.67. The molecule has 7 rings (SSSR count). The van der Waals surface area contributed by atoms with Crippen molar-refractivity contribution in [2.45, 2.75) is 36.8 Å². The molecule has 6 heteroatoms. The molecular formula is C22H24N2O4. The molecular weight excluding hydrogens is 356 g/mol. The number of phenols is 1. The lowest BCUT2D eigenvalue weighted by molar-refractivity contribution is -0.140. The van der Waals surface area contributed by atoms with Gasteiger partial charge in [-0.1, -0.05) is 17.7 Å². The first-order chi connectivity index (χ1) is 13.5. The van der Waals surface area contributed by atoms with Crippen LogP contribution in [0, 0.1) is 11.8 Å². The number of phenolic OH excluding ortho intramolecular Hbond substituents is 1. The quantitative estimate of drug-likeness (QED) is 0.693. The van der Waals surface area contributed by atoms with Crippen LogP contribution in [-0.2, 0) is 19.7 Å². The second-order valence-corrected chi connectivity index (χ2v) is 9.04. The Balaban J connectivity index is 1.66. The van der Waals surface area contributed by atoms with Crippen molar-refractivity contribution in [2.24, 2.45) is 11.8 Å². The third-order valence-corrected chi connectivity index (χ3v) is 7.78. The van der Waals surface area contributed by atoms with Gasteiger partial charge >= 0.3 is 0 Å². The number of ether oxygens (including phenoxy) is 1. The van der Waals surface area contributed by atoms with Crippen molar-refractivity contribution in [3.05, 3.63) is 35.4 Å². The first-order valence-corrected chi connectivity index (χ1v) is 10.2. The normalized spacial score (nSPS) is 39.0. The first kappa shape index (κ1) is 16.7. The van der Waals surface area contributed by atoms with Gasteiger partial charge in [0.2, 0.25) is 5.91 Å². The van der Waals surface area contributed by atoms with Gasteiger partial charge in [0.25, 0.3) is 0 Å². The molecule has 6 aliphatic rings. The highest BCUT2D eigenvalue weighted by molar-refractivity contribution is 6.06. The zero-order chi connectivity index (χ0) is 19.2. The Morgan fingerprint density at radius 2 is 2.11 bits per heavy atom. The topological polar surface area (TPSA) is 70.1 Å². The van der Waals surface area contributed by atoms with E-state index in [1.165, 1.54) is 5.57 Å². The largest absolute Gasteiger partial charge is 0.508 e. The van der Waals surface area contributed by atoms with Crippen molar-refractivity contribution in [1.82, 2.24) is 4.90 Å². The molecule has 1 aromatic carbocycles. The number of likely N-dealkylation sites (N-methyl/N-ethyl adjacent to an activating group) is 1. The second kappa shape index (κ2) is 5.45. The average Bonchev–Trinajstić information content (AvgIpc) is 2.89. The van der Waals surface area contributed by atoms with Crippen LogP contribution in [0.25, 0.3) is 0 Å². The summed E-state index contributed by atoms with van der Waals surface area (Å²) in [6.45, 7) is 2.16. The van der Waals surface area contributed by atoms with E-state index in [9.17, 15) is 14.7 Å². The number of anilines is 1. The predicted octanol–water partition coefficient (Wildman–Crippen LogP) is 1.61. The number of rotatable bonds is 0. The molecule has 1 spiro atoms. The first-order valence-electron chi connectivity index (χ1n) is 10.2. The molecule has 3 saturated heterocycles. The van der Waals surface area contributed by atoms with Crippen LogP contribution in [0.3, 0.4) is 0 Å². The summed E-state index contributed by atoms with van der Waals surface area (Å²) in [5.41, 5.74) is 2.22. The monoisotopic (exact) mass is 380 g/mol. The summed E-state index contributed by atoms with van der Waals surface area (Å²) in [6.07, 6.45) is 3.55. The minimum Gasteiger partial charge on any atom is -0.508 e. The summed E-state index contributed by atoms with van der Waals surface area (Å²) in [4.78, 5) is 31.2. The third kappa shape index (κ3) is 1.90. The molecule has 1 saturated carbocycles. The zero-order valence-corrected chi connectivity index (χ0v) is 15.9. The van der Waals surface area contributed by atoms with Crippen LogP contribution in [0.1, 0.15) is 24.8 Å². The summed E-state index contributed by atoms with van der Waals surface area (Å²) in [5.74, 6) is 0.616. The summed E-state index contributed by atoms with van der Waals surface area (Å²) < 4.78 is 6.17. The molecule has 1 amide bonds. The van der Waals surface area contributed by atoms with Gasteiger partial charge in [0.05, 0.1) is 36.3 Å². The molecule has 5 aliphatic heterocycles. The van der Waals surface area contributed by atoms with Crippen LogP contribution in [0.5, 0.6) is 5.75 Å². The van der Waals surface area contributed by atoms with Crippen LogP contribution in [0.4, 0.5) is 5.69 Å². The molecule has 5 unspecified atom stereocenters. The van der Waals surface area contributed by atoms with Crippen LogP contribution >= 0.6 is 0 Å². The number of benzene rings is 1. The molecule has 0 radical (unpaired) electrons. The van der Waals surface area contributed by atoms with Crippen LogP contribution in [0.2, 0.25) is 0 Å². The van der Waals surface area contributed by atoms with E-state index in [0.29, 0.717) is 25.9 Å². The Hall–Kier alpha value is -2.18. The predicted molar refractivity (Wildman–Crippen MR) is 102 cm³/mol. The number of hydrogen-bond acceptors (Lipinski definition) is 5. The Kier molecular flexibility index (Phi) is 3.26. The smallest absolute Gasteiger partial charge is 0.229 e. The van der Waals surface area contributed by atoms with E-state index < -0.39 is 5.41 Å². The molecule has 6 nitrogen and oxygen atoms in total. The molecule has 5 heterocycles. The second-order valence-electron chi connectivity index (χ2n) is 9.04. The van der Waals surface area contributed by atoms with Crippen molar-refractivity contribution in [2.75, 3.05) is 31.6 Å². The van der Waals surface area contributed by atoms with Crippen LogP contribution < -0.4 is 4.90 Å². The average molecular weight is 380 g/mol. The van der Waals surface area contributed by atoms with Crippen LogP contribution in [-0.4, -0.2) is 60.6 Å². The number of amides is 1. The van der Waals surface area contributed by atoms with Gasteiger partial charge in [0.1, 0.15) is 11.5 Å². The third-order valence-electron chi connectivity index (χ3n) is 7.78. The van der Waals surface area contributed by atoms with E-state index in [1.807, 2.05) is 11.0 Å². The zero-order valence-electron chi connectivity index (χ0n) is 15.9. The number of Topliss-reactive ketones (excluding diaryl/α,β-unsaturated/α-hetero) is 1. The van der Waals surface area contributed by atoms with E-state index in [2.05, 4.69) is 18.0 Å². The molecule has 1 aliphatic carbocycles. The van der Waals surface area contributed by atoms with Gasteiger partial charge in [-0.25, -0.2) is 0 Å². The highest BCUT2D eigenvalue weighted by Crippen LogP contribution is 2.60. The van der Waals surface area contributed by atoms with Crippen molar-refractivity contribution in [3.63, 3.8) is 0 Å². The molecule has 4 bridgehead atoms. The summed E-state index contributed by atoms with van der Waals surface area (Å²) >= 11 is 0. The molecule has 5 atom stereocenters. The van der Waals surface area contributed by atoms with Crippen molar-refractivity contribution in [1.29, 1.82) is 0 Å². The number of carbonyl (C=O) groups is 2. The number of fused-ring (bicyclic) bond motifs is 6. The fraction of sp³-hybridized carbons (Fsp3) is 0.545. The van der Waals surface area contributed by atoms with E-state index in [0.717, 1.165) is 24.3 Å². The van der Waals surface area contributed by atoms with Gasteiger partial charge in [-0.15, -0.1) is 0 Å². The van der Waals surface area contributed by atoms with E-state index in [4.69, 9.17) is 4.74 Å². The van der Waals surface area contributed by atoms with Gasteiger partial charge in [-0.3, -0.25) is 9.59 Å². The Morgan fingerprint density at radius 1 is 1.25 bits per heavy atom. The number of piperidine rings is 1. The van der Waals surface area contributed by atoms with Gasteiger partial charge in [0, 0.05) is 24.9 Å². The molecule has 146 valence electrons. The minimum atomic E-state index is -0.698. The van der Waals surface area contributed by atoms with E-state index >= 15 is 0 Å².